The van der Waals surface area contributed by atoms with Crippen molar-refractivity contribution in [3.05, 3.63) is 106 Å². The molecule has 0 spiro atoms. The zero-order valence-electron chi connectivity index (χ0n) is 18.2. The van der Waals surface area contributed by atoms with E-state index in [1.165, 1.54) is 4.90 Å². The van der Waals surface area contributed by atoms with Crippen molar-refractivity contribution in [3.8, 4) is 0 Å². The average molecular weight is 505 g/mol. The molecule has 1 heterocycles. The smallest absolute Gasteiger partial charge is 0.261 e. The zero-order chi connectivity index (χ0) is 23.2. The Labute approximate surface area is 201 Å². The Morgan fingerprint density at radius 2 is 1.39 bits per heavy atom. The van der Waals surface area contributed by atoms with Crippen molar-refractivity contribution in [1.29, 1.82) is 0 Å². The summed E-state index contributed by atoms with van der Waals surface area (Å²) in [6.45, 7) is 0.373. The maximum absolute atomic E-state index is 12.7. The molecule has 6 heteroatoms. The fraction of sp³-hybridized carbons (Fsp3) is 0.222. The van der Waals surface area contributed by atoms with Gasteiger partial charge in [0.25, 0.3) is 11.8 Å². The van der Waals surface area contributed by atoms with E-state index in [9.17, 15) is 14.4 Å². The first-order chi connectivity index (χ1) is 16.1. The molecule has 33 heavy (non-hydrogen) atoms. The minimum absolute atomic E-state index is 0.0275. The molecule has 1 N–H and O–H groups in total. The molecule has 0 aromatic heterocycles. The first-order valence-corrected chi connectivity index (χ1v) is 11.9. The molecule has 0 unspecified atom stereocenters. The molecule has 168 valence electrons. The number of hydrogen-bond donors (Lipinski definition) is 1. The lowest BCUT2D eigenvalue weighted by Gasteiger charge is -2.21. The first kappa shape index (κ1) is 22.9. The zero-order valence-corrected chi connectivity index (χ0v) is 19.8. The number of unbranched alkanes of at least 4 members (excludes halogenated alkanes) is 2. The Morgan fingerprint density at radius 3 is 2.06 bits per heavy atom. The number of nitrogens with zero attached hydrogens (tertiary/aromatic N) is 1. The van der Waals surface area contributed by atoms with Gasteiger partial charge >= 0.3 is 0 Å². The Kier molecular flexibility index (Phi) is 7.35. The van der Waals surface area contributed by atoms with Gasteiger partial charge in [-0.2, -0.15) is 0 Å². The standard InChI is InChI=1S/C27H25BrN2O3/c28-23-16-9-8-15-22(23)25(19-11-3-1-4-12-19)29-24(31)17-5-2-10-18-30-26(32)20-13-6-7-14-21(20)27(30)33/h1,3-4,6-9,11-16,25H,2,5,10,17-18H2,(H,29,31)/t25-/m1/s1. The minimum atomic E-state index is -0.243. The van der Waals surface area contributed by atoms with Crippen LogP contribution >= 0.6 is 15.9 Å². The van der Waals surface area contributed by atoms with Crippen LogP contribution in [0.25, 0.3) is 0 Å². The minimum Gasteiger partial charge on any atom is -0.345 e. The van der Waals surface area contributed by atoms with Crippen LogP contribution in [0, 0.1) is 0 Å². The molecule has 0 fully saturated rings. The molecule has 0 saturated heterocycles. The van der Waals surface area contributed by atoms with Crippen LogP contribution in [0.2, 0.25) is 0 Å². The summed E-state index contributed by atoms with van der Waals surface area (Å²) in [6.07, 6.45) is 2.50. The predicted octanol–water partition coefficient (Wildman–Crippen LogP) is 5.51. The van der Waals surface area contributed by atoms with Gasteiger partial charge in [-0.1, -0.05) is 83.0 Å². The molecule has 0 saturated carbocycles. The van der Waals surface area contributed by atoms with Crippen molar-refractivity contribution in [1.82, 2.24) is 10.2 Å². The number of benzene rings is 3. The summed E-state index contributed by atoms with van der Waals surface area (Å²) in [6, 6.07) is 24.4. The molecule has 1 aliphatic rings. The van der Waals surface area contributed by atoms with Gasteiger partial charge in [0, 0.05) is 17.4 Å². The SMILES string of the molecule is O=C(CCCCCN1C(=O)c2ccccc2C1=O)N[C@H](c1ccccc1)c1ccccc1Br. The fourth-order valence-corrected chi connectivity index (χ4v) is 4.62. The molecule has 1 aliphatic heterocycles. The average Bonchev–Trinajstić information content (AvgIpc) is 3.08. The van der Waals surface area contributed by atoms with Gasteiger partial charge in [-0.25, -0.2) is 0 Å². The van der Waals surface area contributed by atoms with E-state index in [-0.39, 0.29) is 23.8 Å². The first-order valence-electron chi connectivity index (χ1n) is 11.1. The van der Waals surface area contributed by atoms with Gasteiger partial charge in [0.15, 0.2) is 0 Å². The molecule has 1 atom stereocenters. The highest BCUT2D eigenvalue weighted by Crippen LogP contribution is 2.29. The predicted molar refractivity (Wildman–Crippen MR) is 131 cm³/mol. The summed E-state index contributed by atoms with van der Waals surface area (Å²) in [7, 11) is 0. The molecule has 3 amide bonds. The van der Waals surface area contributed by atoms with Crippen LogP contribution in [0.3, 0.4) is 0 Å². The third-order valence-electron chi connectivity index (χ3n) is 5.82. The highest BCUT2D eigenvalue weighted by atomic mass is 79.9. The van der Waals surface area contributed by atoms with E-state index in [2.05, 4.69) is 21.2 Å². The van der Waals surface area contributed by atoms with Crippen LogP contribution in [0.1, 0.15) is 63.6 Å². The molecule has 0 aliphatic carbocycles. The van der Waals surface area contributed by atoms with Gasteiger partial charge in [-0.3, -0.25) is 19.3 Å². The fourth-order valence-electron chi connectivity index (χ4n) is 4.10. The van der Waals surface area contributed by atoms with Gasteiger partial charge in [-0.05, 0) is 42.2 Å². The summed E-state index contributed by atoms with van der Waals surface area (Å²) in [4.78, 5) is 38.9. The lowest BCUT2D eigenvalue weighted by Crippen LogP contribution is -2.31. The van der Waals surface area contributed by atoms with E-state index in [4.69, 9.17) is 0 Å². The van der Waals surface area contributed by atoms with Crippen molar-refractivity contribution >= 4 is 33.7 Å². The number of nitrogens with one attached hydrogen (secondary N) is 1. The Hall–Kier alpha value is -3.25. The number of carbonyl (C=O) groups excluding carboxylic acids is 3. The second kappa shape index (κ2) is 10.6. The topological polar surface area (TPSA) is 66.5 Å². The summed E-state index contributed by atoms with van der Waals surface area (Å²) >= 11 is 3.60. The van der Waals surface area contributed by atoms with Crippen LogP contribution in [0.4, 0.5) is 0 Å². The van der Waals surface area contributed by atoms with Crippen LogP contribution in [0.5, 0.6) is 0 Å². The number of rotatable bonds is 9. The van der Waals surface area contributed by atoms with Crippen molar-refractivity contribution in [3.63, 3.8) is 0 Å². The number of hydrogen-bond acceptors (Lipinski definition) is 3. The van der Waals surface area contributed by atoms with E-state index >= 15 is 0 Å². The van der Waals surface area contributed by atoms with E-state index in [0.717, 1.165) is 22.0 Å². The van der Waals surface area contributed by atoms with E-state index in [0.29, 0.717) is 36.9 Å². The van der Waals surface area contributed by atoms with Gasteiger partial charge < -0.3 is 5.32 Å². The van der Waals surface area contributed by atoms with Crippen molar-refractivity contribution in [2.75, 3.05) is 6.54 Å². The highest BCUT2D eigenvalue weighted by molar-refractivity contribution is 9.10. The molecule has 0 radical (unpaired) electrons. The Balaban J connectivity index is 1.28. The number of halogens is 1. The molecule has 3 aromatic carbocycles. The summed E-state index contributed by atoms with van der Waals surface area (Å²) in [5.41, 5.74) is 2.97. The van der Waals surface area contributed by atoms with Crippen molar-refractivity contribution in [2.24, 2.45) is 0 Å². The maximum Gasteiger partial charge on any atom is 0.261 e. The van der Waals surface area contributed by atoms with E-state index in [1.807, 2.05) is 54.6 Å². The molecule has 0 bridgehead atoms. The Morgan fingerprint density at radius 1 is 0.788 bits per heavy atom. The summed E-state index contributed by atoms with van der Waals surface area (Å²) in [5.74, 6) is -0.486. The van der Waals surface area contributed by atoms with Crippen LogP contribution in [-0.4, -0.2) is 29.2 Å². The van der Waals surface area contributed by atoms with E-state index in [1.54, 1.807) is 24.3 Å². The third-order valence-corrected chi connectivity index (χ3v) is 6.54. The normalized spacial score (nSPS) is 13.7. The van der Waals surface area contributed by atoms with Crippen molar-refractivity contribution < 1.29 is 14.4 Å². The number of imide groups is 1. The van der Waals surface area contributed by atoms with Crippen LogP contribution in [-0.2, 0) is 4.79 Å². The van der Waals surface area contributed by atoms with Gasteiger partial charge in [0.1, 0.15) is 0 Å². The van der Waals surface area contributed by atoms with Crippen molar-refractivity contribution in [2.45, 2.75) is 31.7 Å². The second-order valence-electron chi connectivity index (χ2n) is 8.05. The molecular formula is C27H25BrN2O3. The molecule has 5 nitrogen and oxygen atoms in total. The Bertz CT molecular complexity index is 1130. The van der Waals surface area contributed by atoms with Crippen LogP contribution < -0.4 is 5.32 Å². The molecule has 3 aromatic rings. The molecular weight excluding hydrogens is 480 g/mol. The summed E-state index contributed by atoms with van der Waals surface area (Å²) < 4.78 is 0.945. The molecule has 4 rings (SSSR count). The highest BCUT2D eigenvalue weighted by Gasteiger charge is 2.34. The lowest BCUT2D eigenvalue weighted by atomic mass is 9.98. The van der Waals surface area contributed by atoms with Gasteiger partial charge in [0.05, 0.1) is 17.2 Å². The number of carbonyl (C=O) groups is 3. The van der Waals surface area contributed by atoms with E-state index < -0.39 is 0 Å². The van der Waals surface area contributed by atoms with Crippen LogP contribution in [0.15, 0.2) is 83.3 Å². The third kappa shape index (κ3) is 5.22. The summed E-state index contributed by atoms with van der Waals surface area (Å²) in [5, 5.41) is 3.16. The number of amides is 3. The maximum atomic E-state index is 12.7. The quantitative estimate of drug-likeness (QED) is 0.308. The van der Waals surface area contributed by atoms with Gasteiger partial charge in [0.2, 0.25) is 5.91 Å². The van der Waals surface area contributed by atoms with Gasteiger partial charge in [-0.15, -0.1) is 0 Å². The largest absolute Gasteiger partial charge is 0.345 e. The lowest BCUT2D eigenvalue weighted by molar-refractivity contribution is -0.121. The second-order valence-corrected chi connectivity index (χ2v) is 8.91. The monoisotopic (exact) mass is 504 g/mol. The number of fused-ring (bicyclic) bond motifs is 1.